The molecule has 3 atom stereocenters. The van der Waals surface area contributed by atoms with Crippen LogP contribution in [0, 0.1) is 0 Å². The Bertz CT molecular complexity index is 410. The molecule has 3 N–H and O–H groups in total. The summed E-state index contributed by atoms with van der Waals surface area (Å²) in [5.74, 6) is -1.01. The van der Waals surface area contributed by atoms with Gasteiger partial charge in [0.15, 0.2) is 0 Å². The van der Waals surface area contributed by atoms with E-state index in [1.165, 1.54) is 11.3 Å². The second kappa shape index (κ2) is 5.10. The summed E-state index contributed by atoms with van der Waals surface area (Å²) < 4.78 is 0. The quantitative estimate of drug-likeness (QED) is 0.827. The Kier molecular flexibility index (Phi) is 3.92. The lowest BCUT2D eigenvalue weighted by Crippen LogP contribution is -2.32. The summed E-state index contributed by atoms with van der Waals surface area (Å²) >= 11 is 13.7. The van der Waals surface area contributed by atoms with Crippen molar-refractivity contribution in [3.63, 3.8) is 0 Å². The van der Waals surface area contributed by atoms with Crippen molar-refractivity contribution >= 4 is 40.5 Å². The summed E-state index contributed by atoms with van der Waals surface area (Å²) in [5, 5.41) is 9.31. The second-order valence-corrected chi connectivity index (χ2v) is 6.36. The van der Waals surface area contributed by atoms with E-state index in [1.807, 2.05) is 0 Å². The van der Waals surface area contributed by atoms with Gasteiger partial charge in [0.25, 0.3) is 0 Å². The summed E-state index contributed by atoms with van der Waals surface area (Å²) in [6, 6.07) is -0.902. The van der Waals surface area contributed by atoms with E-state index in [2.05, 4.69) is 4.98 Å². The van der Waals surface area contributed by atoms with Crippen LogP contribution in [0.3, 0.4) is 0 Å². The number of halogens is 2. The predicted molar refractivity (Wildman–Crippen MR) is 68.1 cm³/mol. The Balaban J connectivity index is 2.13. The molecule has 0 aromatic carbocycles. The Morgan fingerprint density at radius 1 is 1.53 bits per heavy atom. The smallest absolute Gasteiger partial charge is 0.320 e. The summed E-state index contributed by atoms with van der Waals surface area (Å²) in [4.78, 5) is 16.2. The highest BCUT2D eigenvalue weighted by atomic mass is 35.5. The van der Waals surface area contributed by atoms with E-state index in [9.17, 15) is 4.79 Å². The Labute approximate surface area is 113 Å². The van der Waals surface area contributed by atoms with Gasteiger partial charge in [-0.05, 0) is 0 Å². The van der Waals surface area contributed by atoms with Gasteiger partial charge in [0.2, 0.25) is 0 Å². The minimum atomic E-state index is -1.01. The number of alkyl halides is 2. The number of aromatic nitrogens is 1. The number of nitrogens with two attached hydrogens (primary N) is 1. The zero-order chi connectivity index (χ0) is 12.6. The first-order valence-corrected chi connectivity index (χ1v) is 6.90. The fourth-order valence-corrected chi connectivity index (χ4v) is 3.52. The summed E-state index contributed by atoms with van der Waals surface area (Å²) in [5.41, 5.74) is 6.42. The van der Waals surface area contributed by atoms with Gasteiger partial charge < -0.3 is 10.8 Å². The van der Waals surface area contributed by atoms with Gasteiger partial charge in [-0.15, -0.1) is 34.5 Å². The number of thiazole rings is 1. The average molecular weight is 295 g/mol. The molecule has 0 aliphatic heterocycles. The van der Waals surface area contributed by atoms with E-state index >= 15 is 0 Å². The van der Waals surface area contributed by atoms with Gasteiger partial charge in [0, 0.05) is 24.1 Å². The molecule has 0 fully saturated rings. The van der Waals surface area contributed by atoms with Crippen LogP contribution < -0.4 is 5.73 Å². The van der Waals surface area contributed by atoms with Crippen LogP contribution >= 0.6 is 34.5 Å². The third-order valence-electron chi connectivity index (χ3n) is 2.70. The molecular formula is C10H12Cl2N2O2S. The van der Waals surface area contributed by atoms with E-state index < -0.39 is 12.0 Å². The van der Waals surface area contributed by atoms with Gasteiger partial charge in [-0.1, -0.05) is 0 Å². The Morgan fingerprint density at radius 3 is 2.82 bits per heavy atom. The molecule has 0 amide bonds. The lowest BCUT2D eigenvalue weighted by Gasteiger charge is -2.20. The van der Waals surface area contributed by atoms with Crippen molar-refractivity contribution < 1.29 is 9.90 Å². The fourth-order valence-electron chi connectivity index (χ4n) is 1.74. The third-order valence-corrected chi connectivity index (χ3v) is 4.88. The molecule has 0 spiro atoms. The lowest BCUT2D eigenvalue weighted by atomic mass is 10.0. The van der Waals surface area contributed by atoms with E-state index in [1.54, 1.807) is 0 Å². The molecule has 1 aliphatic rings. The normalized spacial score (nSPS) is 25.4. The first kappa shape index (κ1) is 13.1. The van der Waals surface area contributed by atoms with Gasteiger partial charge in [-0.25, -0.2) is 4.98 Å². The fraction of sp³-hybridized carbons (Fsp3) is 0.600. The average Bonchev–Trinajstić information content (AvgIpc) is 2.60. The van der Waals surface area contributed by atoms with Crippen molar-refractivity contribution in [3.8, 4) is 0 Å². The first-order valence-electron chi connectivity index (χ1n) is 5.21. The van der Waals surface area contributed by atoms with Crippen LogP contribution in [0.1, 0.15) is 15.6 Å². The Hall–Kier alpha value is -0.360. The minimum Gasteiger partial charge on any atom is -0.480 e. The largest absolute Gasteiger partial charge is 0.480 e. The number of carboxylic acids is 1. The lowest BCUT2D eigenvalue weighted by molar-refractivity contribution is -0.138. The van der Waals surface area contributed by atoms with E-state index in [0.29, 0.717) is 12.8 Å². The van der Waals surface area contributed by atoms with Crippen LogP contribution in [0.25, 0.3) is 0 Å². The second-order valence-electron chi connectivity index (χ2n) is 4.07. The molecule has 94 valence electrons. The molecule has 2 unspecified atom stereocenters. The number of aliphatic carboxylic acids is 1. The van der Waals surface area contributed by atoms with Crippen molar-refractivity contribution in [2.75, 3.05) is 0 Å². The monoisotopic (exact) mass is 294 g/mol. The van der Waals surface area contributed by atoms with Crippen LogP contribution in [-0.2, 0) is 24.1 Å². The zero-order valence-corrected chi connectivity index (χ0v) is 11.2. The highest BCUT2D eigenvalue weighted by molar-refractivity contribution is 7.11. The zero-order valence-electron chi connectivity index (χ0n) is 8.90. The maximum atomic E-state index is 10.7. The number of carbonyl (C=O) groups is 1. The van der Waals surface area contributed by atoms with E-state index in [-0.39, 0.29) is 17.2 Å². The Morgan fingerprint density at radius 2 is 2.18 bits per heavy atom. The maximum absolute atomic E-state index is 10.7. The molecule has 0 bridgehead atoms. The molecule has 1 aliphatic carbocycles. The van der Waals surface area contributed by atoms with Gasteiger partial charge in [0.05, 0.1) is 21.5 Å². The van der Waals surface area contributed by atoms with Gasteiger partial charge in [0.1, 0.15) is 6.04 Å². The van der Waals surface area contributed by atoms with Crippen LogP contribution in [0.2, 0.25) is 0 Å². The molecule has 0 saturated heterocycles. The van der Waals surface area contributed by atoms with Crippen molar-refractivity contribution in [2.24, 2.45) is 5.73 Å². The molecule has 17 heavy (non-hydrogen) atoms. The number of fused-ring (bicyclic) bond motifs is 1. The van der Waals surface area contributed by atoms with Gasteiger partial charge in [-0.3, -0.25) is 4.79 Å². The highest BCUT2D eigenvalue weighted by Gasteiger charge is 2.28. The molecule has 1 aromatic heterocycles. The number of hydrogen-bond donors (Lipinski definition) is 2. The molecule has 1 heterocycles. The van der Waals surface area contributed by atoms with Crippen molar-refractivity contribution in [3.05, 3.63) is 15.6 Å². The van der Waals surface area contributed by atoms with Crippen molar-refractivity contribution in [1.82, 2.24) is 4.98 Å². The van der Waals surface area contributed by atoms with Crippen LogP contribution in [0.15, 0.2) is 0 Å². The summed E-state index contributed by atoms with van der Waals surface area (Å²) in [6.45, 7) is 0. The molecule has 0 radical (unpaired) electrons. The molecular weight excluding hydrogens is 283 g/mol. The number of rotatable bonds is 3. The molecule has 1 aromatic rings. The van der Waals surface area contributed by atoms with Crippen LogP contribution in [-0.4, -0.2) is 32.9 Å². The van der Waals surface area contributed by atoms with E-state index in [4.69, 9.17) is 34.0 Å². The van der Waals surface area contributed by atoms with Crippen LogP contribution in [0.4, 0.5) is 0 Å². The van der Waals surface area contributed by atoms with Gasteiger partial charge >= 0.3 is 5.97 Å². The number of hydrogen-bond acceptors (Lipinski definition) is 4. The summed E-state index contributed by atoms with van der Waals surface area (Å²) in [6.07, 6.45) is 1.60. The predicted octanol–water partition coefficient (Wildman–Crippen LogP) is 1.41. The highest BCUT2D eigenvalue weighted by Crippen LogP contribution is 2.32. The molecule has 0 saturated carbocycles. The number of carboxylic acid groups (broad SMARTS) is 1. The number of nitrogens with zero attached hydrogens (tertiary/aromatic N) is 1. The molecule has 4 nitrogen and oxygen atoms in total. The summed E-state index contributed by atoms with van der Waals surface area (Å²) in [7, 11) is 0. The molecule has 7 heteroatoms. The first-order chi connectivity index (χ1) is 7.97. The minimum absolute atomic E-state index is 0.0781. The van der Waals surface area contributed by atoms with Gasteiger partial charge in [-0.2, -0.15) is 0 Å². The SMILES string of the molecule is N[C@@H](Cc1nc2c(s1)CC(Cl)C(Cl)C2)C(=O)O. The van der Waals surface area contributed by atoms with Crippen molar-refractivity contribution in [1.29, 1.82) is 0 Å². The standard InChI is InChI=1S/C10H12Cl2N2O2S/c11-4-1-7-8(2-5(4)12)17-9(14-7)3-6(13)10(15)16/h4-6H,1-3,13H2,(H,15,16)/t4?,5?,6-/m0/s1. The third kappa shape index (κ3) is 2.91. The van der Waals surface area contributed by atoms with E-state index in [0.717, 1.165) is 15.6 Å². The van der Waals surface area contributed by atoms with Crippen LogP contribution in [0.5, 0.6) is 0 Å². The molecule has 2 rings (SSSR count). The topological polar surface area (TPSA) is 76.2 Å². The maximum Gasteiger partial charge on any atom is 0.320 e. The van der Waals surface area contributed by atoms with Crippen molar-refractivity contribution in [2.45, 2.75) is 36.1 Å².